The quantitative estimate of drug-likeness (QED) is 0.773. The van der Waals surface area contributed by atoms with Crippen molar-refractivity contribution in [2.75, 3.05) is 25.4 Å². The largest absolute Gasteiger partial charge is 0.326 e. The molecule has 1 atom stereocenters. The van der Waals surface area contributed by atoms with Gasteiger partial charge in [-0.2, -0.15) is 5.26 Å². The van der Waals surface area contributed by atoms with Crippen molar-refractivity contribution < 1.29 is 13.2 Å². The second kappa shape index (κ2) is 7.38. The predicted octanol–water partition coefficient (Wildman–Crippen LogP) is 0.564. The molecule has 1 unspecified atom stereocenters. The molecule has 1 N–H and O–H groups in total. The first-order valence-corrected chi connectivity index (χ1v) is 8.87. The fourth-order valence-electron chi connectivity index (χ4n) is 2.45. The number of rotatable bonds is 6. The number of sulfone groups is 1. The van der Waals surface area contributed by atoms with E-state index in [2.05, 4.69) is 11.4 Å². The Morgan fingerprint density at radius 3 is 2.77 bits per heavy atom. The van der Waals surface area contributed by atoms with Gasteiger partial charge < -0.3 is 10.2 Å². The third kappa shape index (κ3) is 4.06. The maximum absolute atomic E-state index is 12.1. The van der Waals surface area contributed by atoms with Gasteiger partial charge in [-0.1, -0.05) is 18.2 Å². The summed E-state index contributed by atoms with van der Waals surface area (Å²) in [6, 6.07) is 10.0. The number of carbonyl (C=O) groups is 1. The van der Waals surface area contributed by atoms with Crippen LogP contribution in [0, 0.1) is 11.3 Å². The summed E-state index contributed by atoms with van der Waals surface area (Å²) in [7, 11) is -3.33. The second-order valence-electron chi connectivity index (χ2n) is 5.18. The van der Waals surface area contributed by atoms with Crippen molar-refractivity contribution in [3.05, 3.63) is 30.3 Å². The van der Waals surface area contributed by atoms with E-state index in [9.17, 15) is 13.2 Å². The SMILES string of the molecule is N#CC1CCCN1C(=O)CNCCS(=O)(=O)c1ccccc1. The highest BCUT2D eigenvalue weighted by atomic mass is 32.2. The first kappa shape index (κ1) is 16.5. The van der Waals surface area contributed by atoms with E-state index in [1.54, 1.807) is 35.2 Å². The number of benzene rings is 1. The normalized spacial score (nSPS) is 18.1. The van der Waals surface area contributed by atoms with Crippen LogP contribution in [0.1, 0.15) is 12.8 Å². The van der Waals surface area contributed by atoms with E-state index in [1.165, 1.54) is 0 Å². The molecule has 0 radical (unpaired) electrons. The van der Waals surface area contributed by atoms with Crippen LogP contribution < -0.4 is 5.32 Å². The van der Waals surface area contributed by atoms with Gasteiger partial charge in [0.2, 0.25) is 5.91 Å². The zero-order valence-electron chi connectivity index (χ0n) is 12.2. The molecule has 0 aromatic heterocycles. The highest BCUT2D eigenvalue weighted by Gasteiger charge is 2.27. The van der Waals surface area contributed by atoms with Gasteiger partial charge in [0.15, 0.2) is 9.84 Å². The van der Waals surface area contributed by atoms with E-state index in [0.29, 0.717) is 13.0 Å². The van der Waals surface area contributed by atoms with Crippen molar-refractivity contribution in [1.29, 1.82) is 5.26 Å². The summed E-state index contributed by atoms with van der Waals surface area (Å²) < 4.78 is 24.1. The van der Waals surface area contributed by atoms with Gasteiger partial charge in [-0.15, -0.1) is 0 Å². The van der Waals surface area contributed by atoms with Crippen LogP contribution in [0.3, 0.4) is 0 Å². The average Bonchev–Trinajstić information content (AvgIpc) is 3.01. The molecule has 1 aromatic rings. The lowest BCUT2D eigenvalue weighted by Gasteiger charge is -2.19. The number of likely N-dealkylation sites (tertiary alicyclic amines) is 1. The van der Waals surface area contributed by atoms with Gasteiger partial charge in [0.05, 0.1) is 23.3 Å². The standard InChI is InChI=1S/C15H19N3O3S/c16-11-13-5-4-9-18(13)15(19)12-17-8-10-22(20,21)14-6-2-1-3-7-14/h1-3,6-7,13,17H,4-5,8-10,12H2. The minimum absolute atomic E-state index is 0.0580. The van der Waals surface area contributed by atoms with Crippen LogP contribution in [-0.4, -0.2) is 50.7 Å². The molecular weight excluding hydrogens is 302 g/mol. The van der Waals surface area contributed by atoms with Crippen molar-refractivity contribution in [2.45, 2.75) is 23.8 Å². The van der Waals surface area contributed by atoms with Gasteiger partial charge in [0.1, 0.15) is 6.04 Å². The molecule has 1 saturated heterocycles. The molecule has 6 nitrogen and oxygen atoms in total. The smallest absolute Gasteiger partial charge is 0.237 e. The maximum atomic E-state index is 12.1. The molecule has 1 aliphatic heterocycles. The maximum Gasteiger partial charge on any atom is 0.237 e. The van der Waals surface area contributed by atoms with Crippen LogP contribution in [0.25, 0.3) is 0 Å². The monoisotopic (exact) mass is 321 g/mol. The van der Waals surface area contributed by atoms with Gasteiger partial charge in [0.25, 0.3) is 0 Å². The van der Waals surface area contributed by atoms with E-state index >= 15 is 0 Å². The summed E-state index contributed by atoms with van der Waals surface area (Å²) in [5.74, 6) is -0.215. The average molecular weight is 321 g/mol. The molecule has 0 bridgehead atoms. The molecule has 22 heavy (non-hydrogen) atoms. The van der Waals surface area contributed by atoms with Crippen molar-refractivity contribution >= 4 is 15.7 Å². The Balaban J connectivity index is 1.78. The topological polar surface area (TPSA) is 90.3 Å². The number of hydrogen-bond donors (Lipinski definition) is 1. The van der Waals surface area contributed by atoms with Gasteiger partial charge in [-0.05, 0) is 25.0 Å². The molecule has 0 spiro atoms. The Morgan fingerprint density at radius 2 is 2.09 bits per heavy atom. The molecule has 1 amide bonds. The van der Waals surface area contributed by atoms with Crippen molar-refractivity contribution in [3.8, 4) is 6.07 Å². The van der Waals surface area contributed by atoms with Crippen LogP contribution in [-0.2, 0) is 14.6 Å². The molecule has 0 aliphatic carbocycles. The van der Waals surface area contributed by atoms with E-state index < -0.39 is 9.84 Å². The van der Waals surface area contributed by atoms with Crippen LogP contribution in [0.15, 0.2) is 35.2 Å². The second-order valence-corrected chi connectivity index (χ2v) is 7.29. The summed E-state index contributed by atoms with van der Waals surface area (Å²) in [4.78, 5) is 13.8. The molecule has 0 saturated carbocycles. The Kier molecular flexibility index (Phi) is 5.52. The highest BCUT2D eigenvalue weighted by Crippen LogP contribution is 2.16. The van der Waals surface area contributed by atoms with E-state index in [4.69, 9.17) is 5.26 Å². The number of carbonyl (C=O) groups excluding carboxylic acids is 1. The summed E-state index contributed by atoms with van der Waals surface area (Å²) in [6.07, 6.45) is 1.55. The molecule has 1 aromatic carbocycles. The lowest BCUT2D eigenvalue weighted by molar-refractivity contribution is -0.130. The predicted molar refractivity (Wildman–Crippen MR) is 81.7 cm³/mol. The first-order chi connectivity index (χ1) is 10.5. The molecule has 1 aliphatic rings. The Morgan fingerprint density at radius 1 is 1.36 bits per heavy atom. The highest BCUT2D eigenvalue weighted by molar-refractivity contribution is 7.91. The summed E-state index contributed by atoms with van der Waals surface area (Å²) in [5.41, 5.74) is 0. The zero-order chi connectivity index (χ0) is 16.0. The van der Waals surface area contributed by atoms with Crippen LogP contribution >= 0.6 is 0 Å². The number of nitriles is 1. The number of amides is 1. The number of nitrogens with one attached hydrogen (secondary N) is 1. The Labute approximate surface area is 130 Å². The fourth-order valence-corrected chi connectivity index (χ4v) is 3.67. The number of nitrogens with zero attached hydrogens (tertiary/aromatic N) is 2. The van der Waals surface area contributed by atoms with E-state index in [0.717, 1.165) is 6.42 Å². The molecule has 7 heteroatoms. The van der Waals surface area contributed by atoms with E-state index in [-0.39, 0.29) is 35.7 Å². The third-order valence-electron chi connectivity index (χ3n) is 3.65. The van der Waals surface area contributed by atoms with E-state index in [1.807, 2.05) is 0 Å². The van der Waals surface area contributed by atoms with Crippen molar-refractivity contribution in [3.63, 3.8) is 0 Å². The van der Waals surface area contributed by atoms with Gasteiger partial charge in [-0.25, -0.2) is 8.42 Å². The van der Waals surface area contributed by atoms with Gasteiger partial charge in [-0.3, -0.25) is 4.79 Å². The summed E-state index contributed by atoms with van der Waals surface area (Å²) in [5, 5.41) is 11.8. The Hall–Kier alpha value is -1.91. The van der Waals surface area contributed by atoms with Crippen LogP contribution in [0.2, 0.25) is 0 Å². The van der Waals surface area contributed by atoms with Crippen molar-refractivity contribution in [1.82, 2.24) is 10.2 Å². The molecule has 1 fully saturated rings. The van der Waals surface area contributed by atoms with Gasteiger partial charge >= 0.3 is 0 Å². The van der Waals surface area contributed by atoms with Crippen LogP contribution in [0.5, 0.6) is 0 Å². The fraction of sp³-hybridized carbons (Fsp3) is 0.467. The molecule has 118 valence electrons. The lowest BCUT2D eigenvalue weighted by Crippen LogP contribution is -2.41. The number of hydrogen-bond acceptors (Lipinski definition) is 5. The summed E-state index contributed by atoms with van der Waals surface area (Å²) >= 11 is 0. The van der Waals surface area contributed by atoms with Crippen LogP contribution in [0.4, 0.5) is 0 Å². The van der Waals surface area contributed by atoms with Crippen molar-refractivity contribution in [2.24, 2.45) is 0 Å². The molecular formula is C15H19N3O3S. The third-order valence-corrected chi connectivity index (χ3v) is 5.38. The zero-order valence-corrected chi connectivity index (χ0v) is 13.1. The van der Waals surface area contributed by atoms with Gasteiger partial charge in [0, 0.05) is 13.1 Å². The Bertz CT molecular complexity index is 652. The minimum atomic E-state index is -3.33. The summed E-state index contributed by atoms with van der Waals surface area (Å²) in [6.45, 7) is 0.859. The minimum Gasteiger partial charge on any atom is -0.326 e. The first-order valence-electron chi connectivity index (χ1n) is 7.22. The molecule has 1 heterocycles. The lowest BCUT2D eigenvalue weighted by atomic mass is 10.2. The molecule has 2 rings (SSSR count).